The average molecular weight is 369 g/mol. The number of fused-ring (bicyclic) bond motifs is 3. The van der Waals surface area contributed by atoms with Crippen molar-refractivity contribution in [2.75, 3.05) is 0 Å². The van der Waals surface area contributed by atoms with Crippen LogP contribution in [0.25, 0.3) is 22.1 Å². The lowest BCUT2D eigenvalue weighted by molar-refractivity contribution is 0.112. The minimum Gasteiger partial charge on any atom is -0.449 e. The SMILES string of the molecule is O=Cc1cc(Oc2ncnc3c2oc2ccccc23)ccc1Br. The molecule has 0 radical (unpaired) electrons. The number of carbonyl (C=O) groups excluding carboxylic acids is 1. The minimum absolute atomic E-state index is 0.311. The summed E-state index contributed by atoms with van der Waals surface area (Å²) in [6, 6.07) is 12.7. The maximum Gasteiger partial charge on any atom is 0.267 e. The molecule has 0 amide bonds. The highest BCUT2D eigenvalue weighted by atomic mass is 79.9. The zero-order valence-electron chi connectivity index (χ0n) is 11.7. The monoisotopic (exact) mass is 368 g/mol. The Morgan fingerprint density at radius 1 is 1.13 bits per heavy atom. The molecular weight excluding hydrogens is 360 g/mol. The van der Waals surface area contributed by atoms with Gasteiger partial charge in [-0.2, -0.15) is 4.98 Å². The number of carbonyl (C=O) groups is 1. The van der Waals surface area contributed by atoms with Crippen molar-refractivity contribution in [2.45, 2.75) is 0 Å². The fraction of sp³-hybridized carbons (Fsp3) is 0. The molecule has 2 heterocycles. The Kier molecular flexibility index (Phi) is 3.31. The molecule has 0 fully saturated rings. The van der Waals surface area contributed by atoms with Crippen LogP contribution in [0.15, 0.2) is 57.7 Å². The van der Waals surface area contributed by atoms with Crippen LogP contribution in [0.4, 0.5) is 0 Å². The van der Waals surface area contributed by atoms with Gasteiger partial charge in [0.2, 0.25) is 5.58 Å². The summed E-state index contributed by atoms with van der Waals surface area (Å²) in [5.41, 5.74) is 2.39. The highest BCUT2D eigenvalue weighted by molar-refractivity contribution is 9.10. The average Bonchev–Trinajstić information content (AvgIpc) is 2.96. The standard InChI is InChI=1S/C17H9BrN2O3/c18-13-6-5-11(7-10(13)8-21)22-17-16-15(19-9-20-17)12-3-1-2-4-14(12)23-16/h1-9H. The molecule has 0 aliphatic carbocycles. The first kappa shape index (κ1) is 13.9. The van der Waals surface area contributed by atoms with Gasteiger partial charge < -0.3 is 9.15 Å². The van der Waals surface area contributed by atoms with Gasteiger partial charge in [0, 0.05) is 15.4 Å². The smallest absolute Gasteiger partial charge is 0.267 e. The molecule has 5 nitrogen and oxygen atoms in total. The summed E-state index contributed by atoms with van der Waals surface area (Å²) in [7, 11) is 0. The van der Waals surface area contributed by atoms with Crippen LogP contribution in [-0.2, 0) is 0 Å². The van der Waals surface area contributed by atoms with Gasteiger partial charge in [-0.15, -0.1) is 0 Å². The summed E-state index contributed by atoms with van der Waals surface area (Å²) in [6.45, 7) is 0. The molecule has 4 rings (SSSR count). The Morgan fingerprint density at radius 2 is 2.00 bits per heavy atom. The van der Waals surface area contributed by atoms with E-state index in [1.165, 1.54) is 6.33 Å². The number of aldehydes is 1. The van der Waals surface area contributed by atoms with Gasteiger partial charge in [0.05, 0.1) is 0 Å². The third-order valence-corrected chi connectivity index (χ3v) is 4.16. The number of rotatable bonds is 3. The lowest BCUT2D eigenvalue weighted by Crippen LogP contribution is -1.91. The molecule has 2 aromatic heterocycles. The first-order valence-corrected chi connectivity index (χ1v) is 7.60. The quantitative estimate of drug-likeness (QED) is 0.488. The summed E-state index contributed by atoms with van der Waals surface area (Å²) in [5.74, 6) is 0.807. The number of hydrogen-bond donors (Lipinski definition) is 0. The van der Waals surface area contributed by atoms with Crippen molar-refractivity contribution in [3.8, 4) is 11.6 Å². The summed E-state index contributed by atoms with van der Waals surface area (Å²) in [5, 5.41) is 0.902. The van der Waals surface area contributed by atoms with Crippen molar-refractivity contribution in [3.05, 3.63) is 58.8 Å². The molecular formula is C17H9BrN2O3. The molecule has 2 aromatic carbocycles. The van der Waals surface area contributed by atoms with Crippen LogP contribution in [0.1, 0.15) is 10.4 Å². The zero-order chi connectivity index (χ0) is 15.8. The van der Waals surface area contributed by atoms with Crippen LogP contribution in [0, 0.1) is 0 Å². The number of para-hydroxylation sites is 1. The molecule has 112 valence electrons. The van der Waals surface area contributed by atoms with Gasteiger partial charge >= 0.3 is 0 Å². The van der Waals surface area contributed by atoms with E-state index in [0.29, 0.717) is 32.8 Å². The molecule has 0 N–H and O–H groups in total. The molecule has 0 saturated carbocycles. The molecule has 0 aliphatic heterocycles. The lowest BCUT2D eigenvalue weighted by atomic mass is 10.2. The zero-order valence-corrected chi connectivity index (χ0v) is 13.3. The highest BCUT2D eigenvalue weighted by Gasteiger charge is 2.14. The third-order valence-electron chi connectivity index (χ3n) is 3.43. The van der Waals surface area contributed by atoms with E-state index >= 15 is 0 Å². The van der Waals surface area contributed by atoms with E-state index in [2.05, 4.69) is 25.9 Å². The second-order valence-electron chi connectivity index (χ2n) is 4.86. The number of furan rings is 1. The fourth-order valence-electron chi connectivity index (χ4n) is 2.36. The van der Waals surface area contributed by atoms with Crippen LogP contribution in [0.5, 0.6) is 11.6 Å². The minimum atomic E-state index is 0.311. The predicted molar refractivity (Wildman–Crippen MR) is 88.9 cm³/mol. The number of halogens is 1. The molecule has 0 saturated heterocycles. The van der Waals surface area contributed by atoms with E-state index in [-0.39, 0.29) is 0 Å². The van der Waals surface area contributed by atoms with E-state index in [0.717, 1.165) is 17.3 Å². The highest BCUT2D eigenvalue weighted by Crippen LogP contribution is 2.34. The second-order valence-corrected chi connectivity index (χ2v) is 5.71. The van der Waals surface area contributed by atoms with Crippen molar-refractivity contribution >= 4 is 44.3 Å². The molecule has 0 bridgehead atoms. The van der Waals surface area contributed by atoms with E-state index < -0.39 is 0 Å². The largest absolute Gasteiger partial charge is 0.449 e. The molecule has 0 atom stereocenters. The van der Waals surface area contributed by atoms with Gasteiger partial charge in [0.1, 0.15) is 23.2 Å². The van der Waals surface area contributed by atoms with Gasteiger partial charge in [-0.1, -0.05) is 28.1 Å². The summed E-state index contributed by atoms with van der Waals surface area (Å²) in [4.78, 5) is 19.5. The van der Waals surface area contributed by atoms with Crippen molar-refractivity contribution in [3.63, 3.8) is 0 Å². The lowest BCUT2D eigenvalue weighted by Gasteiger charge is -2.06. The van der Waals surface area contributed by atoms with Gasteiger partial charge in [0.25, 0.3) is 5.88 Å². The van der Waals surface area contributed by atoms with Crippen molar-refractivity contribution in [1.82, 2.24) is 9.97 Å². The number of hydrogen-bond acceptors (Lipinski definition) is 5. The maximum absolute atomic E-state index is 11.0. The molecule has 0 unspecified atom stereocenters. The van der Waals surface area contributed by atoms with Crippen molar-refractivity contribution in [2.24, 2.45) is 0 Å². The maximum atomic E-state index is 11.0. The molecule has 4 aromatic rings. The van der Waals surface area contributed by atoms with Crippen LogP contribution in [-0.4, -0.2) is 16.3 Å². The molecule has 23 heavy (non-hydrogen) atoms. The van der Waals surface area contributed by atoms with E-state index in [9.17, 15) is 4.79 Å². The predicted octanol–water partition coefficient (Wildman–Crippen LogP) is 4.74. The van der Waals surface area contributed by atoms with E-state index in [1.54, 1.807) is 18.2 Å². The summed E-state index contributed by atoms with van der Waals surface area (Å²) in [6.07, 6.45) is 2.19. The van der Waals surface area contributed by atoms with E-state index in [1.807, 2.05) is 24.3 Å². The molecule has 0 spiro atoms. The third kappa shape index (κ3) is 2.37. The number of benzene rings is 2. The first-order valence-electron chi connectivity index (χ1n) is 6.81. The number of aromatic nitrogens is 2. The van der Waals surface area contributed by atoms with Gasteiger partial charge in [0.15, 0.2) is 6.29 Å². The van der Waals surface area contributed by atoms with Crippen molar-refractivity contribution < 1.29 is 13.9 Å². The van der Waals surface area contributed by atoms with Gasteiger partial charge in [-0.05, 0) is 30.3 Å². The fourth-order valence-corrected chi connectivity index (χ4v) is 2.70. The van der Waals surface area contributed by atoms with Crippen LogP contribution < -0.4 is 4.74 Å². The second kappa shape index (κ2) is 5.48. The Hall–Kier alpha value is -2.73. The Bertz CT molecular complexity index is 1040. The van der Waals surface area contributed by atoms with Gasteiger partial charge in [-0.3, -0.25) is 4.79 Å². The topological polar surface area (TPSA) is 65.2 Å². The van der Waals surface area contributed by atoms with Crippen LogP contribution in [0.3, 0.4) is 0 Å². The van der Waals surface area contributed by atoms with Crippen LogP contribution in [0.2, 0.25) is 0 Å². The number of nitrogens with zero attached hydrogens (tertiary/aromatic N) is 2. The normalized spacial score (nSPS) is 11.0. The first-order chi connectivity index (χ1) is 11.3. The molecule has 6 heteroatoms. The summed E-state index contributed by atoms with van der Waals surface area (Å²) >= 11 is 3.31. The Morgan fingerprint density at radius 3 is 2.87 bits per heavy atom. The van der Waals surface area contributed by atoms with E-state index in [4.69, 9.17) is 9.15 Å². The summed E-state index contributed by atoms with van der Waals surface area (Å²) < 4.78 is 12.3. The van der Waals surface area contributed by atoms with Crippen LogP contribution >= 0.6 is 15.9 Å². The Balaban J connectivity index is 1.84. The Labute approximate surface area is 139 Å². The number of ether oxygens (including phenoxy) is 1. The van der Waals surface area contributed by atoms with Crippen molar-refractivity contribution in [1.29, 1.82) is 0 Å². The molecule has 0 aliphatic rings. The van der Waals surface area contributed by atoms with Gasteiger partial charge in [-0.25, -0.2) is 4.98 Å².